The van der Waals surface area contributed by atoms with Gasteiger partial charge >= 0.3 is 0 Å². The molecule has 1 aliphatic heterocycles. The highest BCUT2D eigenvalue weighted by Gasteiger charge is 2.15. The summed E-state index contributed by atoms with van der Waals surface area (Å²) in [5.74, 6) is 2.75. The molecule has 0 amide bonds. The maximum atomic E-state index is 5.56. The molecule has 1 heteroatoms. The normalized spacial score (nSPS) is 14.5. The summed E-state index contributed by atoms with van der Waals surface area (Å²) in [6.07, 6.45) is 6.56. The molecule has 23 heavy (non-hydrogen) atoms. The fourth-order valence-electron chi connectivity index (χ4n) is 3.00. The lowest BCUT2D eigenvalue weighted by Gasteiger charge is -2.19. The van der Waals surface area contributed by atoms with E-state index in [1.165, 1.54) is 27.8 Å². The van der Waals surface area contributed by atoms with Crippen LogP contribution in [0.2, 0.25) is 0 Å². The minimum absolute atomic E-state index is 0.190. The van der Waals surface area contributed by atoms with Gasteiger partial charge in [0.25, 0.3) is 0 Å². The number of hydrogen-bond acceptors (Lipinski definition) is 1. The lowest BCUT2D eigenvalue weighted by Crippen LogP contribution is -2.10. The average Bonchev–Trinajstić information content (AvgIpc) is 3.03. The molecule has 0 saturated heterocycles. The van der Waals surface area contributed by atoms with Crippen molar-refractivity contribution in [2.45, 2.75) is 32.6 Å². The van der Waals surface area contributed by atoms with Gasteiger partial charge in [-0.1, -0.05) is 75.2 Å². The number of hydrogen-bond donors (Lipinski definition) is 1. The Balaban J connectivity index is 1.87. The number of nitrogens with one attached hydrogen (secondary N) is 1. The average molecular weight is 301 g/mol. The van der Waals surface area contributed by atoms with Gasteiger partial charge < -0.3 is 5.32 Å². The Morgan fingerprint density at radius 3 is 1.91 bits per heavy atom. The molecule has 0 aromatic heterocycles. The third-order valence-electron chi connectivity index (χ3n) is 4.44. The highest BCUT2D eigenvalue weighted by Crippen LogP contribution is 2.29. The molecule has 0 saturated carbocycles. The third-order valence-corrected chi connectivity index (χ3v) is 4.44. The Kier molecular flexibility index (Phi) is 4.01. The van der Waals surface area contributed by atoms with Gasteiger partial charge in [0, 0.05) is 6.54 Å². The summed E-state index contributed by atoms with van der Waals surface area (Å²) in [5, 5.41) is 3.26. The molecule has 0 unspecified atom stereocenters. The van der Waals surface area contributed by atoms with Crippen LogP contribution >= 0.6 is 0 Å². The standard InChI is InChI=1S/C22H23N/c1-5-21-20(14-15-23-21)18-8-6-16(7-9-18)17-10-12-19(13-11-17)22(2,3)4/h1,6-13,23H,14-15H2,2-4H3. The molecule has 0 aliphatic carbocycles. The largest absolute Gasteiger partial charge is 0.378 e. The van der Waals surface area contributed by atoms with Crippen LogP contribution in [0.1, 0.15) is 38.3 Å². The zero-order valence-corrected chi connectivity index (χ0v) is 14.1. The molecule has 1 N–H and O–H groups in total. The molecule has 0 spiro atoms. The summed E-state index contributed by atoms with van der Waals surface area (Å²) >= 11 is 0. The number of allylic oxidation sites excluding steroid dienone is 1. The molecule has 0 radical (unpaired) electrons. The van der Waals surface area contributed by atoms with Crippen LogP contribution in [0.4, 0.5) is 0 Å². The second kappa shape index (κ2) is 5.97. The molecule has 0 fully saturated rings. The van der Waals surface area contributed by atoms with E-state index in [0.717, 1.165) is 18.7 Å². The van der Waals surface area contributed by atoms with E-state index in [9.17, 15) is 0 Å². The predicted molar refractivity (Wildman–Crippen MR) is 99.0 cm³/mol. The third kappa shape index (κ3) is 3.17. The first-order chi connectivity index (χ1) is 11.0. The molecule has 1 aliphatic rings. The minimum atomic E-state index is 0.190. The minimum Gasteiger partial charge on any atom is -0.378 e. The zero-order valence-electron chi connectivity index (χ0n) is 14.1. The van der Waals surface area contributed by atoms with E-state index in [1.807, 2.05) is 0 Å². The molecule has 0 bridgehead atoms. The van der Waals surface area contributed by atoms with Crippen molar-refractivity contribution < 1.29 is 0 Å². The van der Waals surface area contributed by atoms with Gasteiger partial charge in [-0.05, 0) is 39.7 Å². The van der Waals surface area contributed by atoms with Crippen molar-refractivity contribution in [3.8, 4) is 23.5 Å². The van der Waals surface area contributed by atoms with Crippen molar-refractivity contribution in [2.75, 3.05) is 6.54 Å². The molecule has 2 aromatic rings. The van der Waals surface area contributed by atoms with Crippen LogP contribution < -0.4 is 5.32 Å². The van der Waals surface area contributed by atoms with Gasteiger partial charge in [0.15, 0.2) is 0 Å². The van der Waals surface area contributed by atoms with Crippen LogP contribution in [-0.4, -0.2) is 6.54 Å². The van der Waals surface area contributed by atoms with E-state index in [-0.39, 0.29) is 5.41 Å². The summed E-state index contributed by atoms with van der Waals surface area (Å²) in [7, 11) is 0. The van der Waals surface area contributed by atoms with Crippen molar-refractivity contribution in [1.82, 2.24) is 5.32 Å². The van der Waals surface area contributed by atoms with E-state index < -0.39 is 0 Å². The van der Waals surface area contributed by atoms with Gasteiger partial charge in [-0.15, -0.1) is 6.42 Å². The summed E-state index contributed by atoms with van der Waals surface area (Å²) in [5.41, 5.74) is 7.45. The van der Waals surface area contributed by atoms with Crippen LogP contribution in [0.5, 0.6) is 0 Å². The van der Waals surface area contributed by atoms with Crippen LogP contribution in [0.15, 0.2) is 54.2 Å². The fourth-order valence-corrected chi connectivity index (χ4v) is 3.00. The van der Waals surface area contributed by atoms with Gasteiger partial charge in [-0.25, -0.2) is 0 Å². The first kappa shape index (κ1) is 15.4. The van der Waals surface area contributed by atoms with Crippen molar-refractivity contribution in [1.29, 1.82) is 0 Å². The van der Waals surface area contributed by atoms with E-state index >= 15 is 0 Å². The lowest BCUT2D eigenvalue weighted by atomic mass is 9.86. The number of rotatable bonds is 2. The Morgan fingerprint density at radius 2 is 1.39 bits per heavy atom. The Labute approximate surface area is 139 Å². The summed E-state index contributed by atoms with van der Waals surface area (Å²) in [6.45, 7) is 7.65. The molecular formula is C22H23N. The SMILES string of the molecule is C#CC1=C(c2ccc(-c3ccc(C(C)(C)C)cc3)cc2)CCN1. The zero-order chi connectivity index (χ0) is 16.4. The van der Waals surface area contributed by atoms with Crippen molar-refractivity contribution in [2.24, 2.45) is 0 Å². The second-order valence-electron chi connectivity index (χ2n) is 7.08. The summed E-state index contributed by atoms with van der Waals surface area (Å²) < 4.78 is 0. The Hall–Kier alpha value is -2.46. The lowest BCUT2D eigenvalue weighted by molar-refractivity contribution is 0.590. The first-order valence-corrected chi connectivity index (χ1v) is 8.14. The summed E-state index contributed by atoms with van der Waals surface area (Å²) in [6, 6.07) is 17.6. The van der Waals surface area contributed by atoms with E-state index in [0.29, 0.717) is 0 Å². The van der Waals surface area contributed by atoms with Gasteiger partial charge in [0.05, 0.1) is 5.70 Å². The van der Waals surface area contributed by atoms with Crippen LogP contribution in [0.3, 0.4) is 0 Å². The molecular weight excluding hydrogens is 278 g/mol. The van der Waals surface area contributed by atoms with Crippen molar-refractivity contribution >= 4 is 5.57 Å². The van der Waals surface area contributed by atoms with Crippen molar-refractivity contribution in [3.63, 3.8) is 0 Å². The van der Waals surface area contributed by atoms with E-state index in [4.69, 9.17) is 6.42 Å². The van der Waals surface area contributed by atoms with Crippen LogP contribution in [0.25, 0.3) is 16.7 Å². The maximum Gasteiger partial charge on any atom is 0.0889 e. The molecule has 3 rings (SSSR count). The topological polar surface area (TPSA) is 12.0 Å². The highest BCUT2D eigenvalue weighted by atomic mass is 14.9. The van der Waals surface area contributed by atoms with E-state index in [1.54, 1.807) is 0 Å². The second-order valence-corrected chi connectivity index (χ2v) is 7.08. The Morgan fingerprint density at radius 1 is 0.870 bits per heavy atom. The van der Waals surface area contributed by atoms with Crippen LogP contribution in [-0.2, 0) is 5.41 Å². The van der Waals surface area contributed by atoms with Gasteiger partial charge in [0.1, 0.15) is 0 Å². The first-order valence-electron chi connectivity index (χ1n) is 8.14. The number of terminal acetylenes is 1. The molecule has 1 heterocycles. The van der Waals surface area contributed by atoms with Gasteiger partial charge in [-0.2, -0.15) is 0 Å². The fraction of sp³-hybridized carbons (Fsp3) is 0.273. The van der Waals surface area contributed by atoms with Gasteiger partial charge in [0.2, 0.25) is 0 Å². The van der Waals surface area contributed by atoms with Crippen LogP contribution in [0, 0.1) is 12.3 Å². The molecule has 2 aromatic carbocycles. The van der Waals surface area contributed by atoms with Gasteiger partial charge in [-0.3, -0.25) is 0 Å². The molecule has 0 atom stereocenters. The Bertz CT molecular complexity index is 763. The molecule has 116 valence electrons. The number of benzene rings is 2. The molecule has 1 nitrogen and oxygen atoms in total. The van der Waals surface area contributed by atoms with Crippen molar-refractivity contribution in [3.05, 3.63) is 65.4 Å². The predicted octanol–water partition coefficient (Wildman–Crippen LogP) is 4.99. The smallest absolute Gasteiger partial charge is 0.0889 e. The van der Waals surface area contributed by atoms with E-state index in [2.05, 4.69) is 80.5 Å². The monoisotopic (exact) mass is 301 g/mol. The quantitative estimate of drug-likeness (QED) is 0.771. The maximum absolute atomic E-state index is 5.56. The summed E-state index contributed by atoms with van der Waals surface area (Å²) in [4.78, 5) is 0. The highest BCUT2D eigenvalue weighted by molar-refractivity contribution is 5.76.